The standard InChI is InChI=1S/C23H25NO7S/c1-16(25)24-19(21(27)29-14-17-10-6-4-7-11-17)23(2,3)32-22(28)31-15-30-20(26)18-12-8-5-9-13-18/h4-13,19H,14-15H2,1-3H3,(H,24,25)/t19-/m0/s1. The number of benzene rings is 2. The number of esters is 2. The molecule has 0 spiro atoms. The van der Waals surface area contributed by atoms with E-state index >= 15 is 0 Å². The molecule has 0 aliphatic carbocycles. The lowest BCUT2D eigenvalue weighted by molar-refractivity contribution is -0.149. The average molecular weight is 460 g/mol. The normalized spacial score (nSPS) is 11.7. The molecule has 0 saturated heterocycles. The van der Waals surface area contributed by atoms with Crippen LogP contribution in [0.25, 0.3) is 0 Å². The molecule has 0 bridgehead atoms. The minimum Gasteiger partial charge on any atom is -0.459 e. The monoisotopic (exact) mass is 459 g/mol. The van der Waals surface area contributed by atoms with Crippen molar-refractivity contribution < 1.29 is 33.4 Å². The van der Waals surface area contributed by atoms with Crippen LogP contribution < -0.4 is 5.32 Å². The van der Waals surface area contributed by atoms with Gasteiger partial charge in [0, 0.05) is 6.92 Å². The van der Waals surface area contributed by atoms with Gasteiger partial charge >= 0.3 is 17.2 Å². The number of thioether (sulfide) groups is 1. The van der Waals surface area contributed by atoms with Crippen LogP contribution in [0.15, 0.2) is 60.7 Å². The summed E-state index contributed by atoms with van der Waals surface area (Å²) in [5.41, 5.74) is 1.11. The zero-order chi connectivity index (χ0) is 23.6. The molecule has 0 unspecified atom stereocenters. The van der Waals surface area contributed by atoms with E-state index in [2.05, 4.69) is 5.32 Å². The Balaban J connectivity index is 1.91. The third-order valence-electron chi connectivity index (χ3n) is 4.23. The minimum absolute atomic E-state index is 0.0242. The van der Waals surface area contributed by atoms with Crippen molar-refractivity contribution in [3.05, 3.63) is 71.8 Å². The maximum Gasteiger partial charge on any atom is 0.370 e. The van der Waals surface area contributed by atoms with Crippen LogP contribution in [0.2, 0.25) is 0 Å². The second-order valence-corrected chi connectivity index (χ2v) is 8.83. The Morgan fingerprint density at radius 1 is 0.906 bits per heavy atom. The van der Waals surface area contributed by atoms with Crippen LogP contribution in [0.5, 0.6) is 0 Å². The van der Waals surface area contributed by atoms with Crippen LogP contribution in [0.4, 0.5) is 4.79 Å². The zero-order valence-corrected chi connectivity index (χ0v) is 18.8. The Labute approximate surface area is 190 Å². The highest BCUT2D eigenvalue weighted by atomic mass is 32.2. The fourth-order valence-electron chi connectivity index (χ4n) is 2.62. The van der Waals surface area contributed by atoms with Gasteiger partial charge in [-0.05, 0) is 43.3 Å². The fourth-order valence-corrected chi connectivity index (χ4v) is 3.43. The Kier molecular flexibility index (Phi) is 9.27. The second kappa shape index (κ2) is 11.9. The lowest BCUT2D eigenvalue weighted by atomic mass is 10.0. The molecule has 2 rings (SSSR count). The van der Waals surface area contributed by atoms with Crippen molar-refractivity contribution in [1.29, 1.82) is 0 Å². The molecule has 0 radical (unpaired) electrons. The Morgan fingerprint density at radius 3 is 2.09 bits per heavy atom. The smallest absolute Gasteiger partial charge is 0.370 e. The first-order valence-electron chi connectivity index (χ1n) is 9.74. The zero-order valence-electron chi connectivity index (χ0n) is 18.0. The van der Waals surface area contributed by atoms with Crippen molar-refractivity contribution >= 4 is 34.9 Å². The van der Waals surface area contributed by atoms with Crippen LogP contribution in [0.3, 0.4) is 0 Å². The molecule has 1 amide bonds. The molecule has 1 N–H and O–H groups in total. The molecular weight excluding hydrogens is 434 g/mol. The highest BCUT2D eigenvalue weighted by Gasteiger charge is 2.40. The Bertz CT molecular complexity index is 932. The van der Waals surface area contributed by atoms with Gasteiger partial charge in [0.05, 0.1) is 10.3 Å². The number of carbonyl (C=O) groups excluding carboxylic acids is 4. The maximum absolute atomic E-state index is 12.7. The molecule has 2 aromatic rings. The molecule has 0 aromatic heterocycles. The molecule has 1 atom stereocenters. The molecule has 2 aromatic carbocycles. The number of ether oxygens (including phenoxy) is 3. The second-order valence-electron chi connectivity index (χ2n) is 7.24. The van der Waals surface area contributed by atoms with Crippen molar-refractivity contribution in [2.75, 3.05) is 6.79 Å². The number of hydrogen-bond acceptors (Lipinski definition) is 8. The van der Waals surface area contributed by atoms with Crippen LogP contribution in [-0.2, 0) is 30.4 Å². The maximum atomic E-state index is 12.7. The number of amides is 1. The third kappa shape index (κ3) is 8.07. The van der Waals surface area contributed by atoms with Gasteiger partial charge in [-0.25, -0.2) is 14.4 Å². The van der Waals surface area contributed by atoms with E-state index in [4.69, 9.17) is 14.2 Å². The number of hydrogen-bond donors (Lipinski definition) is 1. The van der Waals surface area contributed by atoms with E-state index in [1.165, 1.54) is 6.92 Å². The number of rotatable bonds is 9. The topological polar surface area (TPSA) is 108 Å². The molecular formula is C23H25NO7S. The van der Waals surface area contributed by atoms with Crippen molar-refractivity contribution in [2.45, 2.75) is 38.2 Å². The van der Waals surface area contributed by atoms with Crippen molar-refractivity contribution in [2.24, 2.45) is 0 Å². The fraction of sp³-hybridized carbons (Fsp3) is 0.304. The largest absolute Gasteiger partial charge is 0.459 e. The number of nitrogens with one attached hydrogen (secondary N) is 1. The molecule has 0 fully saturated rings. The summed E-state index contributed by atoms with van der Waals surface area (Å²) in [6.07, 6.45) is 0. The summed E-state index contributed by atoms with van der Waals surface area (Å²) < 4.78 is 14.1. The van der Waals surface area contributed by atoms with E-state index in [0.29, 0.717) is 17.3 Å². The van der Waals surface area contributed by atoms with E-state index in [0.717, 1.165) is 5.56 Å². The SMILES string of the molecule is CC(=O)N[C@@H](C(=O)OCc1ccccc1)C(C)(C)SC(=O)OCOC(=O)c1ccccc1. The molecule has 0 aliphatic rings. The summed E-state index contributed by atoms with van der Waals surface area (Å²) in [7, 11) is 0. The summed E-state index contributed by atoms with van der Waals surface area (Å²) in [5.74, 6) is -1.78. The van der Waals surface area contributed by atoms with E-state index in [1.54, 1.807) is 56.3 Å². The molecule has 9 heteroatoms. The summed E-state index contributed by atoms with van der Waals surface area (Å²) in [6, 6.07) is 16.2. The first-order valence-corrected chi connectivity index (χ1v) is 10.6. The predicted octanol–water partition coefficient (Wildman–Crippen LogP) is 3.70. The van der Waals surface area contributed by atoms with Gasteiger partial charge in [0.15, 0.2) is 0 Å². The van der Waals surface area contributed by atoms with Gasteiger partial charge in [-0.15, -0.1) is 0 Å². The minimum atomic E-state index is -1.12. The van der Waals surface area contributed by atoms with Gasteiger partial charge in [0.1, 0.15) is 12.6 Å². The van der Waals surface area contributed by atoms with Crippen LogP contribution in [0.1, 0.15) is 36.7 Å². The van der Waals surface area contributed by atoms with E-state index in [9.17, 15) is 19.2 Å². The molecule has 8 nitrogen and oxygen atoms in total. The van der Waals surface area contributed by atoms with Crippen molar-refractivity contribution in [1.82, 2.24) is 5.32 Å². The molecule has 0 saturated carbocycles. The van der Waals surface area contributed by atoms with Gasteiger partial charge in [0.2, 0.25) is 12.7 Å². The highest BCUT2D eigenvalue weighted by molar-refractivity contribution is 8.14. The van der Waals surface area contributed by atoms with E-state index < -0.39 is 40.7 Å². The average Bonchev–Trinajstić information content (AvgIpc) is 2.76. The van der Waals surface area contributed by atoms with Gasteiger partial charge in [0.25, 0.3) is 0 Å². The van der Waals surface area contributed by atoms with Crippen molar-refractivity contribution in [3.8, 4) is 0 Å². The molecule has 32 heavy (non-hydrogen) atoms. The Morgan fingerprint density at radius 2 is 1.50 bits per heavy atom. The predicted molar refractivity (Wildman–Crippen MR) is 119 cm³/mol. The van der Waals surface area contributed by atoms with E-state index in [1.807, 2.05) is 18.2 Å². The highest BCUT2D eigenvalue weighted by Crippen LogP contribution is 2.31. The molecule has 0 aliphatic heterocycles. The number of carbonyl (C=O) groups is 4. The molecule has 170 valence electrons. The summed E-state index contributed by atoms with van der Waals surface area (Å²) in [5, 5.41) is 1.75. The summed E-state index contributed by atoms with van der Waals surface area (Å²) in [6.45, 7) is 3.90. The van der Waals surface area contributed by atoms with Gasteiger partial charge in [-0.1, -0.05) is 48.5 Å². The van der Waals surface area contributed by atoms with Gasteiger partial charge in [-0.2, -0.15) is 0 Å². The van der Waals surface area contributed by atoms with Crippen LogP contribution in [-0.4, -0.2) is 40.7 Å². The third-order valence-corrected chi connectivity index (χ3v) is 5.27. The quantitative estimate of drug-likeness (QED) is 0.447. The first-order chi connectivity index (χ1) is 15.2. The first kappa shape index (κ1) is 24.9. The Hall–Kier alpha value is -3.33. The van der Waals surface area contributed by atoms with Crippen LogP contribution in [0, 0.1) is 0 Å². The van der Waals surface area contributed by atoms with Gasteiger partial charge < -0.3 is 19.5 Å². The van der Waals surface area contributed by atoms with E-state index in [-0.39, 0.29) is 6.61 Å². The van der Waals surface area contributed by atoms with Crippen LogP contribution >= 0.6 is 11.8 Å². The lowest BCUT2D eigenvalue weighted by Crippen LogP contribution is -2.53. The summed E-state index contributed by atoms with van der Waals surface area (Å²) in [4.78, 5) is 48.5. The van der Waals surface area contributed by atoms with Gasteiger partial charge in [-0.3, -0.25) is 4.79 Å². The molecule has 0 heterocycles. The summed E-state index contributed by atoms with van der Waals surface area (Å²) >= 11 is 0.681. The lowest BCUT2D eigenvalue weighted by Gasteiger charge is -2.31. The van der Waals surface area contributed by atoms with Crippen molar-refractivity contribution in [3.63, 3.8) is 0 Å².